The number of halogens is 2. The first-order valence-corrected chi connectivity index (χ1v) is 6.82. The lowest BCUT2D eigenvalue weighted by Gasteiger charge is -2.23. The first kappa shape index (κ1) is 14.2. The number of nitrogens with two attached hydrogens (primary N) is 1. The summed E-state index contributed by atoms with van der Waals surface area (Å²) in [5, 5.41) is 0.131. The van der Waals surface area contributed by atoms with Crippen molar-refractivity contribution in [3.05, 3.63) is 34.6 Å². The van der Waals surface area contributed by atoms with Gasteiger partial charge < -0.3 is 10.6 Å². The predicted octanol–water partition coefficient (Wildman–Crippen LogP) is 2.76. The van der Waals surface area contributed by atoms with Crippen molar-refractivity contribution in [2.75, 3.05) is 6.54 Å². The molecule has 19 heavy (non-hydrogen) atoms. The summed E-state index contributed by atoms with van der Waals surface area (Å²) in [6.07, 6.45) is 2.29. The van der Waals surface area contributed by atoms with E-state index in [0.29, 0.717) is 18.0 Å². The number of carbonyl (C=O) groups excluding carboxylic acids is 1. The van der Waals surface area contributed by atoms with E-state index in [4.69, 9.17) is 29.6 Å². The topological polar surface area (TPSA) is 46.3 Å². The van der Waals surface area contributed by atoms with Crippen molar-refractivity contribution in [1.29, 1.82) is 0 Å². The average Bonchev–Trinajstić information content (AvgIpc) is 3.13. The lowest BCUT2D eigenvalue weighted by molar-refractivity contribution is 0.0743. The van der Waals surface area contributed by atoms with Gasteiger partial charge in [0, 0.05) is 19.0 Å². The van der Waals surface area contributed by atoms with E-state index in [-0.39, 0.29) is 22.5 Å². The van der Waals surface area contributed by atoms with Crippen LogP contribution in [0.25, 0.3) is 0 Å². The molecule has 0 unspecified atom stereocenters. The van der Waals surface area contributed by atoms with Crippen LogP contribution in [-0.4, -0.2) is 28.4 Å². The molecule has 0 saturated heterocycles. The molecule has 2 N–H and O–H groups in total. The highest BCUT2D eigenvalue weighted by Crippen LogP contribution is 2.30. The summed E-state index contributed by atoms with van der Waals surface area (Å²) in [6, 6.07) is 4.37. The molecular weight excluding hydrogens is 287 g/mol. The number of benzene rings is 1. The zero-order valence-corrected chi connectivity index (χ0v) is 11.8. The first-order valence-electron chi connectivity index (χ1n) is 6.04. The molecule has 0 aromatic heterocycles. The summed E-state index contributed by atoms with van der Waals surface area (Å²) >= 11 is 10.7. The van der Waals surface area contributed by atoms with Crippen LogP contribution in [0.3, 0.4) is 0 Å². The van der Waals surface area contributed by atoms with Gasteiger partial charge in [-0.25, -0.2) is 4.39 Å². The van der Waals surface area contributed by atoms with Crippen molar-refractivity contribution in [1.82, 2.24) is 4.90 Å². The van der Waals surface area contributed by atoms with Crippen molar-refractivity contribution in [3.8, 4) is 0 Å². The van der Waals surface area contributed by atoms with Gasteiger partial charge >= 0.3 is 0 Å². The van der Waals surface area contributed by atoms with Crippen LogP contribution in [0.2, 0.25) is 5.02 Å². The molecule has 1 aromatic rings. The van der Waals surface area contributed by atoms with Crippen molar-refractivity contribution < 1.29 is 9.18 Å². The van der Waals surface area contributed by atoms with E-state index in [0.717, 1.165) is 12.8 Å². The van der Waals surface area contributed by atoms with Gasteiger partial charge in [0.15, 0.2) is 0 Å². The van der Waals surface area contributed by atoms with E-state index in [1.54, 1.807) is 4.90 Å². The highest BCUT2D eigenvalue weighted by molar-refractivity contribution is 7.80. The Labute approximate surface area is 121 Å². The molecule has 0 radical (unpaired) electrons. The molecule has 2 rings (SSSR count). The number of nitrogens with zero attached hydrogens (tertiary/aromatic N) is 1. The van der Waals surface area contributed by atoms with Gasteiger partial charge in [0.1, 0.15) is 5.82 Å². The Morgan fingerprint density at radius 2 is 2.21 bits per heavy atom. The third kappa shape index (κ3) is 3.42. The number of thiocarbonyl (C=S) groups is 1. The second-order valence-electron chi connectivity index (χ2n) is 4.54. The molecule has 1 saturated carbocycles. The van der Waals surface area contributed by atoms with Crippen LogP contribution in [-0.2, 0) is 0 Å². The Kier molecular flexibility index (Phi) is 4.37. The maximum Gasteiger partial charge on any atom is 0.258 e. The van der Waals surface area contributed by atoms with Crippen molar-refractivity contribution in [2.45, 2.75) is 25.3 Å². The van der Waals surface area contributed by atoms with Gasteiger partial charge in [-0.2, -0.15) is 0 Å². The Hall–Kier alpha value is -1.20. The summed E-state index contributed by atoms with van der Waals surface area (Å²) in [6.45, 7) is 0.406. The van der Waals surface area contributed by atoms with Gasteiger partial charge in [-0.05, 0) is 25.0 Å². The molecule has 102 valence electrons. The summed E-state index contributed by atoms with van der Waals surface area (Å²) in [5.41, 5.74) is 5.38. The zero-order valence-electron chi connectivity index (χ0n) is 10.2. The van der Waals surface area contributed by atoms with Gasteiger partial charge in [0.2, 0.25) is 0 Å². The predicted molar refractivity (Wildman–Crippen MR) is 76.9 cm³/mol. The lowest BCUT2D eigenvalue weighted by atomic mass is 10.1. The van der Waals surface area contributed by atoms with Gasteiger partial charge in [-0.1, -0.05) is 29.9 Å². The Morgan fingerprint density at radius 3 is 2.74 bits per heavy atom. The minimum absolute atomic E-state index is 0.0704. The van der Waals surface area contributed by atoms with Crippen LogP contribution in [0.5, 0.6) is 0 Å². The van der Waals surface area contributed by atoms with E-state index in [1.807, 2.05) is 0 Å². The van der Waals surface area contributed by atoms with E-state index >= 15 is 0 Å². The SMILES string of the molecule is NC(=S)CCN(C(=O)c1c(F)cccc1Cl)C1CC1. The number of rotatable bonds is 5. The smallest absolute Gasteiger partial charge is 0.258 e. The summed E-state index contributed by atoms with van der Waals surface area (Å²) in [5.74, 6) is -0.986. The second-order valence-corrected chi connectivity index (χ2v) is 5.47. The summed E-state index contributed by atoms with van der Waals surface area (Å²) in [7, 11) is 0. The molecule has 0 aliphatic heterocycles. The monoisotopic (exact) mass is 300 g/mol. The third-order valence-corrected chi connectivity index (χ3v) is 3.54. The molecule has 1 fully saturated rings. The fraction of sp³-hybridized carbons (Fsp3) is 0.385. The minimum Gasteiger partial charge on any atom is -0.393 e. The van der Waals surface area contributed by atoms with Crippen molar-refractivity contribution in [3.63, 3.8) is 0 Å². The standard InChI is InChI=1S/C13H14ClFN2OS/c14-9-2-1-3-10(15)12(9)13(18)17(8-4-5-8)7-6-11(16)19/h1-3,8H,4-7H2,(H2,16,19). The average molecular weight is 301 g/mol. The molecule has 1 aliphatic carbocycles. The Balaban J connectivity index is 2.21. The molecule has 1 aromatic carbocycles. The Morgan fingerprint density at radius 1 is 1.53 bits per heavy atom. The van der Waals surface area contributed by atoms with E-state index < -0.39 is 5.82 Å². The van der Waals surface area contributed by atoms with Crippen LogP contribution in [0.4, 0.5) is 4.39 Å². The quantitative estimate of drug-likeness (QED) is 0.851. The Bertz CT molecular complexity index is 499. The summed E-state index contributed by atoms with van der Waals surface area (Å²) < 4.78 is 13.8. The highest BCUT2D eigenvalue weighted by Gasteiger charge is 2.34. The number of hydrogen-bond acceptors (Lipinski definition) is 2. The van der Waals surface area contributed by atoms with Crippen LogP contribution in [0.15, 0.2) is 18.2 Å². The molecule has 3 nitrogen and oxygen atoms in total. The van der Waals surface area contributed by atoms with Gasteiger partial charge in [0.25, 0.3) is 5.91 Å². The van der Waals surface area contributed by atoms with E-state index in [1.165, 1.54) is 18.2 Å². The van der Waals surface area contributed by atoms with Crippen molar-refractivity contribution >= 4 is 34.7 Å². The number of carbonyl (C=O) groups is 1. The molecule has 0 atom stereocenters. The molecule has 1 amide bonds. The molecule has 0 heterocycles. The molecule has 6 heteroatoms. The first-order chi connectivity index (χ1) is 9.00. The molecular formula is C13H14ClFN2OS. The maximum absolute atomic E-state index is 13.8. The van der Waals surface area contributed by atoms with Crippen LogP contribution >= 0.6 is 23.8 Å². The maximum atomic E-state index is 13.8. The van der Waals surface area contributed by atoms with Crippen LogP contribution in [0.1, 0.15) is 29.6 Å². The van der Waals surface area contributed by atoms with Gasteiger partial charge in [0.05, 0.1) is 15.6 Å². The van der Waals surface area contributed by atoms with E-state index in [9.17, 15) is 9.18 Å². The molecule has 0 spiro atoms. The highest BCUT2D eigenvalue weighted by atomic mass is 35.5. The third-order valence-electron chi connectivity index (χ3n) is 3.02. The number of amides is 1. The molecule has 1 aliphatic rings. The minimum atomic E-state index is -0.599. The fourth-order valence-electron chi connectivity index (χ4n) is 1.91. The van der Waals surface area contributed by atoms with Gasteiger partial charge in [-0.15, -0.1) is 0 Å². The van der Waals surface area contributed by atoms with Crippen LogP contribution in [0, 0.1) is 5.82 Å². The fourth-order valence-corrected chi connectivity index (χ4v) is 2.25. The lowest BCUT2D eigenvalue weighted by Crippen LogP contribution is -2.36. The number of hydrogen-bond donors (Lipinski definition) is 1. The zero-order chi connectivity index (χ0) is 14.0. The summed E-state index contributed by atoms with van der Waals surface area (Å²) in [4.78, 5) is 14.4. The second kappa shape index (κ2) is 5.84. The van der Waals surface area contributed by atoms with Gasteiger partial charge in [-0.3, -0.25) is 4.79 Å². The van der Waals surface area contributed by atoms with Crippen LogP contribution < -0.4 is 5.73 Å². The van der Waals surface area contributed by atoms with E-state index in [2.05, 4.69) is 0 Å². The normalized spacial score (nSPS) is 14.2. The largest absolute Gasteiger partial charge is 0.393 e. The molecule has 0 bridgehead atoms. The van der Waals surface area contributed by atoms with Crippen molar-refractivity contribution in [2.24, 2.45) is 5.73 Å².